The number of nitrogens with one attached hydrogen (secondary N) is 1. The van der Waals surface area contributed by atoms with E-state index in [4.69, 9.17) is 11.6 Å². The number of hydrogen-bond acceptors (Lipinski definition) is 3. The molecule has 98 valence electrons. The fraction of sp³-hybridized carbons (Fsp3) is 0.0714. The lowest BCUT2D eigenvalue weighted by molar-refractivity contribution is -0.115. The molecular formula is C14H12ClNO3. The minimum Gasteiger partial charge on any atom is -0.508 e. The Kier molecular flexibility index (Phi) is 3.92. The van der Waals surface area contributed by atoms with Gasteiger partial charge in [0.25, 0.3) is 0 Å². The molecule has 0 aromatic heterocycles. The van der Waals surface area contributed by atoms with Crippen LogP contribution < -0.4 is 5.32 Å². The fourth-order valence-corrected chi connectivity index (χ4v) is 1.87. The summed E-state index contributed by atoms with van der Waals surface area (Å²) in [5, 5.41) is 21.4. The van der Waals surface area contributed by atoms with E-state index in [1.165, 1.54) is 30.3 Å². The van der Waals surface area contributed by atoms with Gasteiger partial charge in [-0.05, 0) is 29.8 Å². The molecule has 0 bridgehead atoms. The van der Waals surface area contributed by atoms with Crippen molar-refractivity contribution in [3.8, 4) is 11.5 Å². The highest BCUT2D eigenvalue weighted by Crippen LogP contribution is 2.26. The maximum absolute atomic E-state index is 11.8. The van der Waals surface area contributed by atoms with Crippen LogP contribution in [0.2, 0.25) is 5.02 Å². The first-order valence-electron chi connectivity index (χ1n) is 5.61. The number of phenolic OH excluding ortho intramolecular Hbond substituents is 2. The third-order valence-electron chi connectivity index (χ3n) is 2.50. The van der Waals surface area contributed by atoms with Crippen molar-refractivity contribution in [3.05, 3.63) is 53.1 Å². The van der Waals surface area contributed by atoms with Crippen LogP contribution in [-0.4, -0.2) is 16.1 Å². The van der Waals surface area contributed by atoms with Crippen LogP contribution >= 0.6 is 11.6 Å². The monoisotopic (exact) mass is 277 g/mol. The van der Waals surface area contributed by atoms with Gasteiger partial charge in [0.2, 0.25) is 5.91 Å². The maximum atomic E-state index is 11.8. The molecule has 4 nitrogen and oxygen atoms in total. The van der Waals surface area contributed by atoms with Crippen molar-refractivity contribution in [1.82, 2.24) is 0 Å². The second-order valence-electron chi connectivity index (χ2n) is 4.06. The smallest absolute Gasteiger partial charge is 0.228 e. The van der Waals surface area contributed by atoms with Crippen LogP contribution in [0.3, 0.4) is 0 Å². The van der Waals surface area contributed by atoms with Crippen molar-refractivity contribution in [1.29, 1.82) is 0 Å². The third kappa shape index (κ3) is 3.63. The molecule has 0 radical (unpaired) electrons. The normalized spacial score (nSPS) is 10.2. The van der Waals surface area contributed by atoms with Crippen molar-refractivity contribution in [3.63, 3.8) is 0 Å². The molecule has 1 amide bonds. The van der Waals surface area contributed by atoms with E-state index < -0.39 is 0 Å². The second kappa shape index (κ2) is 5.63. The molecule has 0 aliphatic carbocycles. The number of benzene rings is 2. The number of hydrogen-bond donors (Lipinski definition) is 3. The van der Waals surface area contributed by atoms with Gasteiger partial charge >= 0.3 is 0 Å². The molecule has 0 saturated carbocycles. The summed E-state index contributed by atoms with van der Waals surface area (Å²) in [6.45, 7) is 0. The maximum Gasteiger partial charge on any atom is 0.228 e. The summed E-state index contributed by atoms with van der Waals surface area (Å²) < 4.78 is 0. The quantitative estimate of drug-likeness (QED) is 0.756. The Bertz CT molecular complexity index is 613. The lowest BCUT2D eigenvalue weighted by atomic mass is 10.1. The van der Waals surface area contributed by atoms with Gasteiger partial charge < -0.3 is 15.5 Å². The van der Waals surface area contributed by atoms with Crippen molar-refractivity contribution >= 4 is 23.2 Å². The Hall–Kier alpha value is -2.20. The highest BCUT2D eigenvalue weighted by Gasteiger charge is 2.07. The minimum absolute atomic E-state index is 0.0379. The summed E-state index contributed by atoms with van der Waals surface area (Å²) in [4.78, 5) is 11.8. The first kappa shape index (κ1) is 13.2. The van der Waals surface area contributed by atoms with Crippen LogP contribution in [0, 0.1) is 0 Å². The minimum atomic E-state index is -0.252. The largest absolute Gasteiger partial charge is 0.508 e. The molecule has 0 atom stereocenters. The summed E-state index contributed by atoms with van der Waals surface area (Å²) in [7, 11) is 0. The van der Waals surface area contributed by atoms with Crippen molar-refractivity contribution < 1.29 is 15.0 Å². The van der Waals surface area contributed by atoms with Crippen molar-refractivity contribution in [2.75, 3.05) is 5.32 Å². The van der Waals surface area contributed by atoms with Crippen LogP contribution in [0.15, 0.2) is 42.5 Å². The van der Waals surface area contributed by atoms with E-state index >= 15 is 0 Å². The molecule has 0 spiro atoms. The molecule has 2 rings (SSSR count). The first-order chi connectivity index (χ1) is 9.04. The standard InChI is InChI=1S/C14H12ClNO3/c15-12-8-11(18)4-5-13(12)16-14(19)7-9-2-1-3-10(17)6-9/h1-6,8,17-18H,7H2,(H,16,19). The van der Waals surface area contributed by atoms with Crippen LogP contribution in [0.1, 0.15) is 5.56 Å². The fourth-order valence-electron chi connectivity index (χ4n) is 1.65. The SMILES string of the molecule is O=C(Cc1cccc(O)c1)Nc1ccc(O)cc1Cl. The Morgan fingerprint density at radius 3 is 2.53 bits per heavy atom. The van der Waals surface area contributed by atoms with Gasteiger partial charge in [-0.3, -0.25) is 4.79 Å². The molecule has 19 heavy (non-hydrogen) atoms. The summed E-state index contributed by atoms with van der Waals surface area (Å²) >= 11 is 5.89. The summed E-state index contributed by atoms with van der Waals surface area (Å²) in [5.41, 5.74) is 1.14. The number of anilines is 1. The topological polar surface area (TPSA) is 69.6 Å². The van der Waals surface area contributed by atoms with Gasteiger partial charge in [-0.25, -0.2) is 0 Å². The first-order valence-corrected chi connectivity index (χ1v) is 5.98. The van der Waals surface area contributed by atoms with Crippen LogP contribution in [0.4, 0.5) is 5.69 Å². The Morgan fingerprint density at radius 1 is 1.11 bits per heavy atom. The lowest BCUT2D eigenvalue weighted by Gasteiger charge is -2.07. The summed E-state index contributed by atoms with van der Waals surface area (Å²) in [6.07, 6.45) is 0.131. The van der Waals surface area contributed by atoms with Crippen LogP contribution in [0.5, 0.6) is 11.5 Å². The predicted molar refractivity (Wildman–Crippen MR) is 73.6 cm³/mol. The highest BCUT2D eigenvalue weighted by atomic mass is 35.5. The van der Waals surface area contributed by atoms with E-state index in [-0.39, 0.29) is 28.8 Å². The van der Waals surface area contributed by atoms with Crippen molar-refractivity contribution in [2.24, 2.45) is 0 Å². The number of aromatic hydroxyl groups is 2. The predicted octanol–water partition coefficient (Wildman–Crippen LogP) is 2.93. The average Bonchev–Trinajstić information content (AvgIpc) is 2.33. The molecule has 0 fully saturated rings. The van der Waals surface area contributed by atoms with E-state index in [0.717, 1.165) is 0 Å². The molecule has 2 aromatic rings. The number of halogens is 1. The Balaban J connectivity index is 2.05. The molecule has 2 aromatic carbocycles. The molecule has 0 saturated heterocycles. The van der Waals surface area contributed by atoms with Gasteiger partial charge in [-0.2, -0.15) is 0 Å². The molecular weight excluding hydrogens is 266 g/mol. The molecule has 3 N–H and O–H groups in total. The Morgan fingerprint density at radius 2 is 1.84 bits per heavy atom. The van der Waals surface area contributed by atoms with Gasteiger partial charge in [0.05, 0.1) is 17.1 Å². The summed E-state index contributed by atoms with van der Waals surface area (Å²) in [5.74, 6) is -0.0952. The zero-order chi connectivity index (χ0) is 13.8. The molecule has 0 aliphatic rings. The second-order valence-corrected chi connectivity index (χ2v) is 4.47. The van der Waals surface area contributed by atoms with E-state index in [0.29, 0.717) is 11.3 Å². The number of phenols is 2. The molecule has 0 aliphatic heterocycles. The van der Waals surface area contributed by atoms with Gasteiger partial charge in [0, 0.05) is 6.07 Å². The molecule has 5 heteroatoms. The van der Waals surface area contributed by atoms with Crippen molar-refractivity contribution in [2.45, 2.75) is 6.42 Å². The van der Waals surface area contributed by atoms with E-state index in [2.05, 4.69) is 5.32 Å². The number of amides is 1. The van der Waals surface area contributed by atoms with Gasteiger partial charge in [0.15, 0.2) is 0 Å². The van der Waals surface area contributed by atoms with Crippen LogP contribution in [0.25, 0.3) is 0 Å². The number of carbonyl (C=O) groups is 1. The van der Waals surface area contributed by atoms with Gasteiger partial charge in [-0.15, -0.1) is 0 Å². The summed E-state index contributed by atoms with van der Waals surface area (Å²) in [6, 6.07) is 10.8. The highest BCUT2D eigenvalue weighted by molar-refractivity contribution is 6.33. The van der Waals surface area contributed by atoms with Crippen LogP contribution in [-0.2, 0) is 11.2 Å². The van der Waals surface area contributed by atoms with Gasteiger partial charge in [0.1, 0.15) is 11.5 Å². The molecule has 0 unspecified atom stereocenters. The van der Waals surface area contributed by atoms with E-state index in [1.807, 2.05) is 0 Å². The van der Waals surface area contributed by atoms with E-state index in [1.54, 1.807) is 12.1 Å². The number of rotatable bonds is 3. The third-order valence-corrected chi connectivity index (χ3v) is 2.81. The molecule has 0 heterocycles. The lowest BCUT2D eigenvalue weighted by Crippen LogP contribution is -2.14. The Labute approximate surface area is 115 Å². The number of carbonyl (C=O) groups excluding carboxylic acids is 1. The zero-order valence-electron chi connectivity index (χ0n) is 9.93. The zero-order valence-corrected chi connectivity index (χ0v) is 10.7. The average molecular weight is 278 g/mol. The van der Waals surface area contributed by atoms with E-state index in [9.17, 15) is 15.0 Å². The van der Waals surface area contributed by atoms with Gasteiger partial charge in [-0.1, -0.05) is 23.7 Å².